The molecule has 0 saturated heterocycles. The van der Waals surface area contributed by atoms with Crippen LogP contribution in [-0.2, 0) is 20.2 Å². The number of benzene rings is 5. The van der Waals surface area contributed by atoms with Gasteiger partial charge < -0.3 is 10.8 Å². The van der Waals surface area contributed by atoms with Crippen LogP contribution in [0.4, 0.5) is 22.7 Å². The first-order valence-corrected chi connectivity index (χ1v) is 15.1. The van der Waals surface area contributed by atoms with Crippen molar-refractivity contribution in [2.75, 3.05) is 0 Å². The van der Waals surface area contributed by atoms with Gasteiger partial charge in [0.1, 0.15) is 16.7 Å². The van der Waals surface area contributed by atoms with E-state index in [2.05, 4.69) is 20.5 Å². The van der Waals surface area contributed by atoms with Gasteiger partial charge in [-0.3, -0.25) is 13.9 Å². The summed E-state index contributed by atoms with van der Waals surface area (Å²) in [6, 6.07) is 19.1. The summed E-state index contributed by atoms with van der Waals surface area (Å²) in [6.07, 6.45) is 0. The highest BCUT2D eigenvalue weighted by Gasteiger charge is 2.18. The molecule has 1 amide bonds. The number of nitrogens with two attached hydrogens (primary N) is 1. The molecule has 5 rings (SSSR count). The molecule has 44 heavy (non-hydrogen) atoms. The molecule has 0 aromatic heterocycles. The second-order valence-corrected chi connectivity index (χ2v) is 12.0. The van der Waals surface area contributed by atoms with Crippen molar-refractivity contribution in [2.24, 2.45) is 26.2 Å². The van der Waals surface area contributed by atoms with Crippen LogP contribution in [-0.4, -0.2) is 37.0 Å². The average Bonchev–Trinajstić information content (AvgIpc) is 2.98. The first-order valence-electron chi connectivity index (χ1n) is 12.2. The molecule has 5 N–H and O–H groups in total. The molecule has 0 bridgehead atoms. The first kappa shape index (κ1) is 29.9. The lowest BCUT2D eigenvalue weighted by molar-refractivity contribution is 0.1000. The van der Waals surface area contributed by atoms with E-state index in [1.54, 1.807) is 0 Å². The van der Waals surface area contributed by atoms with E-state index in [0.717, 1.165) is 12.1 Å². The summed E-state index contributed by atoms with van der Waals surface area (Å²) in [5, 5.41) is 37.2. The molecule has 14 nitrogen and oxygen atoms in total. The standard InChI is InChI=1S/C28H18N6O8S2/c29-14-15-12-16(4-6-18(15)28(30)36)31-32-23-10-11-24(22-13-17(43(37,38)39)5-7-19(22)23)33-34-25-9-8-20-21(27(25)35)2-1-3-26(20)44(40,41)42/h1-13,35H,(H2,30,36)(H,37,38,39)(H,40,41,42). The van der Waals surface area contributed by atoms with Gasteiger partial charge in [-0.2, -0.15) is 27.2 Å². The lowest BCUT2D eigenvalue weighted by Gasteiger charge is -2.08. The minimum Gasteiger partial charge on any atom is -0.505 e. The number of primary amides is 1. The van der Waals surface area contributed by atoms with Crippen molar-refractivity contribution in [1.82, 2.24) is 0 Å². The molecule has 0 aliphatic carbocycles. The van der Waals surface area contributed by atoms with Crippen molar-refractivity contribution in [1.29, 1.82) is 5.26 Å². The Balaban J connectivity index is 1.60. The molecule has 5 aromatic carbocycles. The van der Waals surface area contributed by atoms with Crippen molar-refractivity contribution in [2.45, 2.75) is 9.79 Å². The van der Waals surface area contributed by atoms with E-state index in [-0.39, 0.29) is 50.0 Å². The highest BCUT2D eigenvalue weighted by molar-refractivity contribution is 7.86. The molecular formula is C28H18N6O8S2. The molecule has 0 atom stereocenters. The van der Waals surface area contributed by atoms with Crippen LogP contribution in [0.5, 0.6) is 5.75 Å². The second kappa shape index (κ2) is 11.2. The lowest BCUT2D eigenvalue weighted by Crippen LogP contribution is -2.12. The highest BCUT2D eigenvalue weighted by Crippen LogP contribution is 2.40. The van der Waals surface area contributed by atoms with Crippen LogP contribution >= 0.6 is 0 Å². The number of phenolic OH excluding ortho intramolecular Hbond substituents is 1. The maximum absolute atomic E-state index is 11.9. The maximum Gasteiger partial charge on any atom is 0.295 e. The summed E-state index contributed by atoms with van der Waals surface area (Å²) in [6.45, 7) is 0. The number of amides is 1. The number of nitriles is 1. The fourth-order valence-electron chi connectivity index (χ4n) is 4.36. The van der Waals surface area contributed by atoms with Gasteiger partial charge in [0, 0.05) is 21.5 Å². The Hall–Kier alpha value is -5.60. The van der Waals surface area contributed by atoms with Crippen molar-refractivity contribution in [3.8, 4) is 11.8 Å². The Morgan fingerprint density at radius 2 is 1.34 bits per heavy atom. The van der Waals surface area contributed by atoms with Crippen molar-refractivity contribution in [3.63, 3.8) is 0 Å². The third kappa shape index (κ3) is 5.84. The van der Waals surface area contributed by atoms with E-state index in [1.807, 2.05) is 6.07 Å². The first-order chi connectivity index (χ1) is 20.8. The van der Waals surface area contributed by atoms with E-state index in [1.165, 1.54) is 66.7 Å². The summed E-state index contributed by atoms with van der Waals surface area (Å²) in [4.78, 5) is 10.7. The van der Waals surface area contributed by atoms with Gasteiger partial charge in [-0.25, -0.2) is 0 Å². The number of carbonyl (C=O) groups is 1. The summed E-state index contributed by atoms with van der Waals surface area (Å²) < 4.78 is 66.3. The van der Waals surface area contributed by atoms with Crippen LogP contribution < -0.4 is 5.73 Å². The van der Waals surface area contributed by atoms with E-state index < -0.39 is 41.7 Å². The van der Waals surface area contributed by atoms with Gasteiger partial charge >= 0.3 is 0 Å². The van der Waals surface area contributed by atoms with Crippen LogP contribution in [0, 0.1) is 11.3 Å². The SMILES string of the molecule is N#Cc1cc(N=Nc2ccc(N=Nc3ccc4c(S(=O)(=O)O)cccc4c3O)c3cc(S(=O)(=O)O)ccc23)ccc1C(N)=O. The predicted molar refractivity (Wildman–Crippen MR) is 157 cm³/mol. The van der Waals surface area contributed by atoms with E-state index >= 15 is 0 Å². The molecule has 5 aromatic rings. The second-order valence-electron chi connectivity index (χ2n) is 9.15. The molecule has 0 spiro atoms. The molecule has 0 saturated carbocycles. The Bertz CT molecular complexity index is 2350. The van der Waals surface area contributed by atoms with Gasteiger partial charge in [0.15, 0.2) is 5.75 Å². The zero-order chi connectivity index (χ0) is 31.8. The minimum atomic E-state index is -4.62. The van der Waals surface area contributed by atoms with Crippen LogP contribution in [0.1, 0.15) is 15.9 Å². The van der Waals surface area contributed by atoms with Crippen LogP contribution in [0.3, 0.4) is 0 Å². The predicted octanol–water partition coefficient (Wildman–Crippen LogP) is 5.99. The van der Waals surface area contributed by atoms with Gasteiger partial charge in [0.25, 0.3) is 20.2 Å². The molecule has 0 aliphatic rings. The summed E-state index contributed by atoms with van der Waals surface area (Å²) in [5.41, 5.74) is 5.79. The fourth-order valence-corrected chi connectivity index (χ4v) is 5.57. The van der Waals surface area contributed by atoms with Crippen LogP contribution in [0.25, 0.3) is 21.5 Å². The number of fused-ring (bicyclic) bond motifs is 2. The van der Waals surface area contributed by atoms with Gasteiger partial charge in [-0.1, -0.05) is 24.3 Å². The van der Waals surface area contributed by atoms with Gasteiger partial charge in [0.2, 0.25) is 5.91 Å². The number of nitrogens with zero attached hydrogens (tertiary/aromatic N) is 5. The Morgan fingerprint density at radius 1 is 0.705 bits per heavy atom. The molecule has 16 heteroatoms. The molecule has 0 aliphatic heterocycles. The van der Waals surface area contributed by atoms with Crippen LogP contribution in [0.2, 0.25) is 0 Å². The number of azo groups is 2. The number of carbonyl (C=O) groups excluding carboxylic acids is 1. The number of phenols is 1. The number of hydrogen-bond acceptors (Lipinski definition) is 11. The van der Waals surface area contributed by atoms with Crippen molar-refractivity contribution >= 4 is 70.4 Å². The molecular weight excluding hydrogens is 612 g/mol. The van der Waals surface area contributed by atoms with Gasteiger partial charge in [-0.05, 0) is 54.6 Å². The Kier molecular flexibility index (Phi) is 7.63. The number of hydrogen-bond donors (Lipinski definition) is 4. The minimum absolute atomic E-state index is 0.00138. The summed E-state index contributed by atoms with van der Waals surface area (Å²) >= 11 is 0. The lowest BCUT2D eigenvalue weighted by atomic mass is 10.1. The monoisotopic (exact) mass is 630 g/mol. The molecule has 0 fully saturated rings. The quantitative estimate of drug-likeness (QED) is 0.121. The number of rotatable bonds is 7. The summed E-state index contributed by atoms with van der Waals surface area (Å²) in [7, 11) is -9.19. The third-order valence-corrected chi connectivity index (χ3v) is 8.18. The molecule has 0 unspecified atom stereocenters. The third-order valence-electron chi connectivity index (χ3n) is 6.42. The van der Waals surface area contributed by atoms with Crippen molar-refractivity contribution < 1.29 is 35.8 Å². The molecule has 0 radical (unpaired) electrons. The zero-order valence-electron chi connectivity index (χ0n) is 22.0. The molecule has 0 heterocycles. The number of aromatic hydroxyl groups is 1. The normalized spacial score (nSPS) is 12.3. The van der Waals surface area contributed by atoms with E-state index in [0.29, 0.717) is 5.39 Å². The average molecular weight is 631 g/mol. The van der Waals surface area contributed by atoms with E-state index in [4.69, 9.17) is 5.73 Å². The Labute approximate surface area is 248 Å². The topological polar surface area (TPSA) is 245 Å². The summed E-state index contributed by atoms with van der Waals surface area (Å²) in [5.74, 6) is -1.21. The smallest absolute Gasteiger partial charge is 0.295 e. The maximum atomic E-state index is 11.9. The largest absolute Gasteiger partial charge is 0.505 e. The molecule has 220 valence electrons. The van der Waals surface area contributed by atoms with Gasteiger partial charge in [0.05, 0.1) is 33.1 Å². The van der Waals surface area contributed by atoms with E-state index in [9.17, 15) is 41.1 Å². The Morgan fingerprint density at radius 3 is 2.00 bits per heavy atom. The van der Waals surface area contributed by atoms with Crippen molar-refractivity contribution in [3.05, 3.63) is 90.0 Å². The fraction of sp³-hybridized carbons (Fsp3) is 0. The zero-order valence-corrected chi connectivity index (χ0v) is 23.7. The highest BCUT2D eigenvalue weighted by atomic mass is 32.2. The van der Waals surface area contributed by atoms with Crippen LogP contribution in [0.15, 0.2) is 109 Å². The van der Waals surface area contributed by atoms with Gasteiger partial charge in [-0.15, -0.1) is 15.3 Å².